The molecule has 3 heteroatoms. The molecule has 0 aliphatic carbocycles. The standard InChI is InChI=1S/C12H19FN2/c1-12(2,3)15-11(8-14)9-6-4-5-7-10(9)13/h4-7,11,15H,8,14H2,1-3H3. The van der Waals surface area contributed by atoms with Gasteiger partial charge in [-0.25, -0.2) is 4.39 Å². The van der Waals surface area contributed by atoms with Crippen molar-refractivity contribution in [2.75, 3.05) is 6.54 Å². The molecule has 0 fully saturated rings. The molecule has 0 aliphatic rings. The lowest BCUT2D eigenvalue weighted by molar-refractivity contribution is 0.360. The van der Waals surface area contributed by atoms with E-state index in [-0.39, 0.29) is 17.4 Å². The molecule has 0 amide bonds. The normalized spacial score (nSPS) is 13.9. The maximum absolute atomic E-state index is 13.5. The van der Waals surface area contributed by atoms with Crippen LogP contribution >= 0.6 is 0 Å². The molecular weight excluding hydrogens is 191 g/mol. The van der Waals surface area contributed by atoms with Gasteiger partial charge < -0.3 is 11.1 Å². The number of benzene rings is 1. The van der Waals surface area contributed by atoms with Crippen LogP contribution in [0.5, 0.6) is 0 Å². The highest BCUT2D eigenvalue weighted by Crippen LogP contribution is 2.18. The van der Waals surface area contributed by atoms with E-state index in [1.165, 1.54) is 6.07 Å². The molecule has 1 aromatic carbocycles. The first-order valence-corrected chi connectivity index (χ1v) is 5.16. The van der Waals surface area contributed by atoms with E-state index in [1.807, 2.05) is 26.8 Å². The van der Waals surface area contributed by atoms with E-state index in [0.717, 1.165) is 0 Å². The van der Waals surface area contributed by atoms with Crippen LogP contribution in [0, 0.1) is 5.82 Å². The molecule has 0 aliphatic heterocycles. The van der Waals surface area contributed by atoms with E-state index in [4.69, 9.17) is 5.73 Å². The summed E-state index contributed by atoms with van der Waals surface area (Å²) in [7, 11) is 0. The van der Waals surface area contributed by atoms with Gasteiger partial charge >= 0.3 is 0 Å². The molecule has 3 N–H and O–H groups in total. The van der Waals surface area contributed by atoms with Gasteiger partial charge in [0.2, 0.25) is 0 Å². The summed E-state index contributed by atoms with van der Waals surface area (Å²) in [4.78, 5) is 0. The Kier molecular flexibility index (Phi) is 3.83. The van der Waals surface area contributed by atoms with Gasteiger partial charge in [0.25, 0.3) is 0 Å². The Morgan fingerprint density at radius 1 is 1.33 bits per heavy atom. The van der Waals surface area contributed by atoms with Crippen molar-refractivity contribution in [3.63, 3.8) is 0 Å². The largest absolute Gasteiger partial charge is 0.329 e. The van der Waals surface area contributed by atoms with E-state index in [9.17, 15) is 4.39 Å². The molecule has 0 saturated carbocycles. The molecule has 0 saturated heterocycles. The molecule has 1 atom stereocenters. The minimum atomic E-state index is -0.204. The topological polar surface area (TPSA) is 38.0 Å². The molecule has 0 radical (unpaired) electrons. The highest BCUT2D eigenvalue weighted by molar-refractivity contribution is 5.21. The maximum Gasteiger partial charge on any atom is 0.128 e. The number of hydrogen-bond donors (Lipinski definition) is 2. The van der Waals surface area contributed by atoms with Crippen LogP contribution in [-0.2, 0) is 0 Å². The average molecular weight is 210 g/mol. The molecule has 2 nitrogen and oxygen atoms in total. The van der Waals surface area contributed by atoms with Gasteiger partial charge in [-0.15, -0.1) is 0 Å². The Morgan fingerprint density at radius 3 is 2.40 bits per heavy atom. The van der Waals surface area contributed by atoms with Gasteiger partial charge in [0.15, 0.2) is 0 Å². The highest BCUT2D eigenvalue weighted by atomic mass is 19.1. The SMILES string of the molecule is CC(C)(C)NC(CN)c1ccccc1F. The zero-order valence-corrected chi connectivity index (χ0v) is 9.55. The third kappa shape index (κ3) is 3.61. The maximum atomic E-state index is 13.5. The van der Waals surface area contributed by atoms with Crippen LogP contribution in [0.15, 0.2) is 24.3 Å². The van der Waals surface area contributed by atoms with Gasteiger partial charge in [-0.2, -0.15) is 0 Å². The van der Waals surface area contributed by atoms with Crippen molar-refractivity contribution in [2.45, 2.75) is 32.4 Å². The molecule has 0 bridgehead atoms. The summed E-state index contributed by atoms with van der Waals surface area (Å²) in [6, 6.07) is 6.61. The predicted molar refractivity (Wildman–Crippen MR) is 61.1 cm³/mol. The molecule has 0 spiro atoms. The van der Waals surface area contributed by atoms with E-state index in [1.54, 1.807) is 12.1 Å². The van der Waals surface area contributed by atoms with Crippen molar-refractivity contribution < 1.29 is 4.39 Å². The lowest BCUT2D eigenvalue weighted by atomic mass is 10.0. The summed E-state index contributed by atoms with van der Waals surface area (Å²) < 4.78 is 13.5. The van der Waals surface area contributed by atoms with Crippen LogP contribution in [0.1, 0.15) is 32.4 Å². The number of nitrogens with two attached hydrogens (primary N) is 1. The van der Waals surface area contributed by atoms with Crippen LogP contribution in [0.3, 0.4) is 0 Å². The Morgan fingerprint density at radius 2 is 1.93 bits per heavy atom. The minimum Gasteiger partial charge on any atom is -0.329 e. The summed E-state index contributed by atoms with van der Waals surface area (Å²) in [6.45, 7) is 6.50. The number of hydrogen-bond acceptors (Lipinski definition) is 2. The molecular formula is C12H19FN2. The van der Waals surface area contributed by atoms with Gasteiger partial charge in [-0.1, -0.05) is 18.2 Å². The first-order chi connectivity index (χ1) is 6.94. The first-order valence-electron chi connectivity index (χ1n) is 5.16. The number of rotatable bonds is 3. The number of halogens is 1. The Balaban J connectivity index is 2.88. The molecule has 1 unspecified atom stereocenters. The monoisotopic (exact) mass is 210 g/mol. The predicted octanol–water partition coefficient (Wildman–Crippen LogP) is 2.21. The molecule has 0 aromatic heterocycles. The van der Waals surface area contributed by atoms with Gasteiger partial charge in [0, 0.05) is 23.7 Å². The minimum absolute atomic E-state index is 0.0771. The van der Waals surface area contributed by atoms with Crippen molar-refractivity contribution in [1.29, 1.82) is 0 Å². The van der Waals surface area contributed by atoms with Crippen LogP contribution in [0.2, 0.25) is 0 Å². The van der Waals surface area contributed by atoms with Crippen molar-refractivity contribution >= 4 is 0 Å². The average Bonchev–Trinajstić information content (AvgIpc) is 2.14. The Bertz CT molecular complexity index is 318. The van der Waals surface area contributed by atoms with Crippen LogP contribution in [0.4, 0.5) is 4.39 Å². The van der Waals surface area contributed by atoms with Gasteiger partial charge in [-0.3, -0.25) is 0 Å². The van der Waals surface area contributed by atoms with E-state index >= 15 is 0 Å². The first kappa shape index (κ1) is 12.1. The van der Waals surface area contributed by atoms with E-state index in [0.29, 0.717) is 12.1 Å². The smallest absolute Gasteiger partial charge is 0.128 e. The summed E-state index contributed by atoms with van der Waals surface area (Å²) in [5.74, 6) is -0.204. The fourth-order valence-electron chi connectivity index (χ4n) is 1.54. The second-order valence-electron chi connectivity index (χ2n) is 4.70. The second kappa shape index (κ2) is 4.73. The second-order valence-corrected chi connectivity index (χ2v) is 4.70. The quantitative estimate of drug-likeness (QED) is 0.802. The van der Waals surface area contributed by atoms with Crippen molar-refractivity contribution in [1.82, 2.24) is 5.32 Å². The summed E-state index contributed by atoms with van der Waals surface area (Å²) in [5, 5.41) is 3.30. The van der Waals surface area contributed by atoms with Gasteiger partial charge in [0.1, 0.15) is 5.82 Å². The van der Waals surface area contributed by atoms with Crippen LogP contribution in [-0.4, -0.2) is 12.1 Å². The number of nitrogens with one attached hydrogen (secondary N) is 1. The summed E-state index contributed by atoms with van der Waals surface area (Å²) in [6.07, 6.45) is 0. The van der Waals surface area contributed by atoms with Crippen molar-refractivity contribution in [2.24, 2.45) is 5.73 Å². The fourth-order valence-corrected chi connectivity index (χ4v) is 1.54. The molecule has 1 aromatic rings. The molecule has 15 heavy (non-hydrogen) atoms. The van der Waals surface area contributed by atoms with Crippen molar-refractivity contribution in [3.8, 4) is 0 Å². The van der Waals surface area contributed by atoms with Crippen LogP contribution in [0.25, 0.3) is 0 Å². The lowest BCUT2D eigenvalue weighted by Crippen LogP contribution is -2.42. The lowest BCUT2D eigenvalue weighted by Gasteiger charge is -2.28. The third-order valence-corrected chi connectivity index (χ3v) is 2.12. The molecule has 84 valence electrons. The third-order valence-electron chi connectivity index (χ3n) is 2.12. The molecule has 1 rings (SSSR count). The highest BCUT2D eigenvalue weighted by Gasteiger charge is 2.19. The van der Waals surface area contributed by atoms with Gasteiger partial charge in [0.05, 0.1) is 0 Å². The van der Waals surface area contributed by atoms with E-state index in [2.05, 4.69) is 5.32 Å². The van der Waals surface area contributed by atoms with Gasteiger partial charge in [-0.05, 0) is 26.8 Å². The van der Waals surface area contributed by atoms with Crippen LogP contribution < -0.4 is 11.1 Å². The Labute approximate surface area is 90.7 Å². The molecule has 0 heterocycles. The van der Waals surface area contributed by atoms with Crippen molar-refractivity contribution in [3.05, 3.63) is 35.6 Å². The summed E-state index contributed by atoms with van der Waals surface area (Å²) >= 11 is 0. The zero-order chi connectivity index (χ0) is 11.5. The zero-order valence-electron chi connectivity index (χ0n) is 9.55. The summed E-state index contributed by atoms with van der Waals surface area (Å²) in [5.41, 5.74) is 6.21. The van der Waals surface area contributed by atoms with E-state index < -0.39 is 0 Å². The Hall–Kier alpha value is -0.930. The fraction of sp³-hybridized carbons (Fsp3) is 0.500.